The molecule has 0 atom stereocenters. The quantitative estimate of drug-likeness (QED) is 0.410. The first-order chi connectivity index (χ1) is 10.0. The molecule has 3 heterocycles. The zero-order chi connectivity index (χ0) is 15.1. The monoisotopic (exact) mass is 303 g/mol. The van der Waals surface area contributed by atoms with Crippen molar-refractivity contribution < 1.29 is 4.79 Å². The molecule has 3 rings (SSSR count). The normalized spacial score (nSPS) is 11.2. The van der Waals surface area contributed by atoms with Crippen LogP contribution in [0.15, 0.2) is 17.2 Å². The van der Waals surface area contributed by atoms with Crippen LogP contribution in [0.5, 0.6) is 0 Å². The number of aryl methyl sites for hydroxylation is 2. The molecule has 0 bridgehead atoms. The number of nitrogens with one attached hydrogen (secondary N) is 1. The molecule has 3 aromatic heterocycles. The van der Waals surface area contributed by atoms with E-state index in [1.54, 1.807) is 0 Å². The number of hydrazine groups is 1. The first-order valence-electron chi connectivity index (χ1n) is 6.26. The van der Waals surface area contributed by atoms with Crippen LogP contribution in [-0.4, -0.2) is 20.4 Å². The van der Waals surface area contributed by atoms with Gasteiger partial charge in [0.1, 0.15) is 16.1 Å². The van der Waals surface area contributed by atoms with Crippen LogP contribution in [0.4, 0.5) is 0 Å². The largest absolute Gasteiger partial charge is 0.293 e. The summed E-state index contributed by atoms with van der Waals surface area (Å²) in [6, 6.07) is 1.96. The van der Waals surface area contributed by atoms with Crippen molar-refractivity contribution in [3.63, 3.8) is 0 Å². The molecule has 0 aliphatic carbocycles. The third kappa shape index (κ3) is 2.18. The van der Waals surface area contributed by atoms with E-state index in [1.807, 2.05) is 25.3 Å². The number of pyridine rings is 1. The zero-order valence-corrected chi connectivity index (χ0v) is 12.3. The summed E-state index contributed by atoms with van der Waals surface area (Å²) in [6.07, 6.45) is 1.37. The molecular weight excluding hydrogens is 290 g/mol. The number of nitrogens with two attached hydrogens (primary N) is 1. The maximum absolute atomic E-state index is 12.4. The van der Waals surface area contributed by atoms with Gasteiger partial charge >= 0.3 is 0 Å². The van der Waals surface area contributed by atoms with Gasteiger partial charge in [0.15, 0.2) is 0 Å². The van der Waals surface area contributed by atoms with Crippen LogP contribution >= 0.6 is 11.3 Å². The van der Waals surface area contributed by atoms with Gasteiger partial charge in [-0.05, 0) is 25.5 Å². The Labute approximate surface area is 123 Å². The molecule has 0 aromatic carbocycles. The molecule has 0 unspecified atom stereocenters. The molecule has 0 radical (unpaired) electrons. The van der Waals surface area contributed by atoms with E-state index >= 15 is 0 Å². The van der Waals surface area contributed by atoms with Crippen molar-refractivity contribution in [3.05, 3.63) is 34.0 Å². The van der Waals surface area contributed by atoms with Gasteiger partial charge in [0, 0.05) is 11.1 Å². The molecule has 0 saturated heterocycles. The van der Waals surface area contributed by atoms with E-state index in [4.69, 9.17) is 5.84 Å². The van der Waals surface area contributed by atoms with E-state index in [1.165, 1.54) is 22.2 Å². The highest BCUT2D eigenvalue weighted by Gasteiger charge is 2.15. The number of carbonyl (C=O) groups excluding carboxylic acids is 1. The summed E-state index contributed by atoms with van der Waals surface area (Å²) in [7, 11) is 0. The Hall–Kier alpha value is -2.32. The van der Waals surface area contributed by atoms with Crippen molar-refractivity contribution in [2.75, 3.05) is 0 Å². The lowest BCUT2D eigenvalue weighted by Gasteiger charge is -2.03. The predicted octanol–water partition coefficient (Wildman–Crippen LogP) is 0.613. The smallest absolute Gasteiger partial charge is 0.271 e. The van der Waals surface area contributed by atoms with E-state index in [0.717, 1.165) is 21.5 Å². The highest BCUT2D eigenvalue weighted by molar-refractivity contribution is 7.25. The number of nitrogens with zero attached hydrogens (tertiary/aromatic N) is 3. The Morgan fingerprint density at radius 3 is 2.95 bits per heavy atom. The molecule has 0 fully saturated rings. The summed E-state index contributed by atoms with van der Waals surface area (Å²) in [5, 5.41) is 0.896. The Morgan fingerprint density at radius 1 is 1.48 bits per heavy atom. The second-order valence-corrected chi connectivity index (χ2v) is 5.78. The van der Waals surface area contributed by atoms with Crippen LogP contribution in [0.25, 0.3) is 20.4 Å². The highest BCUT2D eigenvalue weighted by atomic mass is 32.1. The van der Waals surface area contributed by atoms with Crippen LogP contribution in [0.1, 0.15) is 11.3 Å². The van der Waals surface area contributed by atoms with Crippen molar-refractivity contribution in [3.8, 4) is 0 Å². The van der Waals surface area contributed by atoms with E-state index in [-0.39, 0.29) is 12.1 Å². The molecule has 108 valence electrons. The first kappa shape index (κ1) is 13.7. The van der Waals surface area contributed by atoms with Gasteiger partial charge in [0.2, 0.25) is 0 Å². The Balaban J connectivity index is 2.30. The Morgan fingerprint density at radius 2 is 2.24 bits per heavy atom. The van der Waals surface area contributed by atoms with E-state index < -0.39 is 5.91 Å². The number of aromatic nitrogens is 3. The molecule has 21 heavy (non-hydrogen) atoms. The third-order valence-corrected chi connectivity index (χ3v) is 4.28. The van der Waals surface area contributed by atoms with Gasteiger partial charge < -0.3 is 0 Å². The fraction of sp³-hybridized carbons (Fsp3) is 0.231. The SMILES string of the molecule is Cc1cc(C)c2c(n1)sc1c(=O)n(CC(=O)NN)cnc12. The second kappa shape index (κ2) is 4.90. The lowest BCUT2D eigenvalue weighted by Crippen LogP contribution is -2.36. The summed E-state index contributed by atoms with van der Waals surface area (Å²) in [5.41, 5.74) is 4.30. The van der Waals surface area contributed by atoms with E-state index in [2.05, 4.69) is 9.97 Å². The van der Waals surface area contributed by atoms with Crippen LogP contribution in [-0.2, 0) is 11.3 Å². The van der Waals surface area contributed by atoms with Crippen LogP contribution in [0.3, 0.4) is 0 Å². The summed E-state index contributed by atoms with van der Waals surface area (Å²) in [5.74, 6) is 4.58. The standard InChI is InChI=1S/C13H13N5O2S/c1-6-3-7(2)16-12-9(6)10-11(21-12)13(20)18(5-15-10)4-8(19)17-14/h3,5H,4,14H2,1-2H3,(H,17,19). The van der Waals surface area contributed by atoms with Crippen molar-refractivity contribution in [1.82, 2.24) is 20.0 Å². The Kier molecular flexibility index (Phi) is 3.19. The highest BCUT2D eigenvalue weighted by Crippen LogP contribution is 2.31. The molecule has 1 amide bonds. The summed E-state index contributed by atoms with van der Waals surface area (Å²) in [6.45, 7) is 3.73. The predicted molar refractivity (Wildman–Crippen MR) is 81.0 cm³/mol. The van der Waals surface area contributed by atoms with Crippen molar-refractivity contribution in [2.45, 2.75) is 20.4 Å². The van der Waals surface area contributed by atoms with Crippen molar-refractivity contribution >= 4 is 37.7 Å². The van der Waals surface area contributed by atoms with Gasteiger partial charge in [0.25, 0.3) is 11.5 Å². The molecular formula is C13H13N5O2S. The van der Waals surface area contributed by atoms with E-state index in [9.17, 15) is 9.59 Å². The molecule has 3 aromatic rings. The maximum Gasteiger partial charge on any atom is 0.271 e. The van der Waals surface area contributed by atoms with Crippen LogP contribution in [0, 0.1) is 13.8 Å². The lowest BCUT2D eigenvalue weighted by atomic mass is 10.1. The van der Waals surface area contributed by atoms with Gasteiger partial charge in [-0.25, -0.2) is 15.8 Å². The number of rotatable bonds is 2. The lowest BCUT2D eigenvalue weighted by molar-refractivity contribution is -0.121. The molecule has 7 nitrogen and oxygen atoms in total. The van der Waals surface area contributed by atoms with Gasteiger partial charge in [-0.15, -0.1) is 11.3 Å². The molecule has 0 saturated carbocycles. The van der Waals surface area contributed by atoms with Crippen LogP contribution < -0.4 is 16.8 Å². The van der Waals surface area contributed by atoms with Gasteiger partial charge in [-0.3, -0.25) is 19.6 Å². The van der Waals surface area contributed by atoms with Gasteiger partial charge in [0.05, 0.1) is 11.8 Å². The minimum Gasteiger partial charge on any atom is -0.293 e. The number of hydrogen-bond acceptors (Lipinski definition) is 6. The van der Waals surface area contributed by atoms with Crippen molar-refractivity contribution in [2.24, 2.45) is 5.84 Å². The number of amides is 1. The minimum absolute atomic E-state index is 0.155. The summed E-state index contributed by atoms with van der Waals surface area (Å²) in [4.78, 5) is 33.3. The molecule has 0 aliphatic rings. The molecule has 3 N–H and O–H groups in total. The molecule has 8 heteroatoms. The number of fused-ring (bicyclic) bond motifs is 3. The fourth-order valence-corrected chi connectivity index (χ4v) is 3.51. The average molecular weight is 303 g/mol. The number of hydrogen-bond donors (Lipinski definition) is 2. The number of thiophene rings is 1. The van der Waals surface area contributed by atoms with Crippen LogP contribution in [0.2, 0.25) is 0 Å². The second-order valence-electron chi connectivity index (χ2n) is 4.79. The first-order valence-corrected chi connectivity index (χ1v) is 7.08. The van der Waals surface area contributed by atoms with Crippen molar-refractivity contribution in [1.29, 1.82) is 0 Å². The topological polar surface area (TPSA) is 103 Å². The summed E-state index contributed by atoms with van der Waals surface area (Å²) < 4.78 is 1.74. The van der Waals surface area contributed by atoms with Gasteiger partial charge in [-0.1, -0.05) is 0 Å². The average Bonchev–Trinajstić information content (AvgIpc) is 2.81. The summed E-state index contributed by atoms with van der Waals surface area (Å²) >= 11 is 1.30. The minimum atomic E-state index is -0.454. The number of carbonyl (C=O) groups is 1. The molecule has 0 spiro atoms. The maximum atomic E-state index is 12.4. The third-order valence-electron chi connectivity index (χ3n) is 3.22. The fourth-order valence-electron chi connectivity index (χ4n) is 2.31. The zero-order valence-electron chi connectivity index (χ0n) is 11.5. The van der Waals surface area contributed by atoms with E-state index in [0.29, 0.717) is 10.2 Å². The molecule has 0 aliphatic heterocycles. The Bertz CT molecular complexity index is 928. The van der Waals surface area contributed by atoms with Gasteiger partial charge in [-0.2, -0.15) is 0 Å².